The van der Waals surface area contributed by atoms with E-state index in [2.05, 4.69) is 17.6 Å². The Morgan fingerprint density at radius 1 is 1.00 bits per heavy atom. The van der Waals surface area contributed by atoms with Crippen LogP contribution >= 0.6 is 11.6 Å². The molecule has 23 heavy (non-hydrogen) atoms. The molecule has 2 aromatic rings. The third-order valence-corrected chi connectivity index (χ3v) is 3.54. The Morgan fingerprint density at radius 3 is 2.39 bits per heavy atom. The van der Waals surface area contributed by atoms with Crippen LogP contribution in [0, 0.1) is 0 Å². The maximum Gasteiger partial charge on any atom is 0.137 e. The Balaban J connectivity index is 1.78. The molecule has 0 saturated carbocycles. The van der Waals surface area contributed by atoms with Gasteiger partial charge in [-0.3, -0.25) is 0 Å². The summed E-state index contributed by atoms with van der Waals surface area (Å²) in [6.07, 6.45) is 1.01. The first kappa shape index (κ1) is 17.3. The predicted molar refractivity (Wildman–Crippen MR) is 97.2 cm³/mol. The molecule has 0 aliphatic rings. The summed E-state index contributed by atoms with van der Waals surface area (Å²) < 4.78 is 10.8. The molecule has 0 unspecified atom stereocenters. The molecule has 0 aliphatic heterocycles. The molecule has 0 atom stereocenters. The highest BCUT2D eigenvalue weighted by Crippen LogP contribution is 2.27. The number of methoxy groups -OCH3 is 1. The summed E-state index contributed by atoms with van der Waals surface area (Å²) in [5, 5.41) is 7.29. The lowest BCUT2D eigenvalue weighted by Crippen LogP contribution is -2.13. The number of nitrogens with one attached hydrogen (secondary N) is 2. The second-order valence-electron chi connectivity index (χ2n) is 5.08. The second-order valence-corrected chi connectivity index (χ2v) is 5.49. The fourth-order valence-corrected chi connectivity index (χ4v) is 2.36. The van der Waals surface area contributed by atoms with Crippen LogP contribution in [0.3, 0.4) is 0 Å². The number of hydrogen-bond acceptors (Lipinski definition) is 4. The van der Waals surface area contributed by atoms with Gasteiger partial charge in [0.25, 0.3) is 0 Å². The van der Waals surface area contributed by atoms with Crippen LogP contribution in [0.5, 0.6) is 11.5 Å². The summed E-state index contributed by atoms with van der Waals surface area (Å²) in [7, 11) is 1.61. The fourth-order valence-electron chi connectivity index (χ4n) is 2.11. The maximum absolute atomic E-state index is 6.10. The molecule has 0 amide bonds. The molecule has 5 heteroatoms. The van der Waals surface area contributed by atoms with Crippen LogP contribution in [-0.4, -0.2) is 26.8 Å². The van der Waals surface area contributed by atoms with Crippen molar-refractivity contribution < 1.29 is 9.47 Å². The average molecular weight is 335 g/mol. The maximum atomic E-state index is 6.10. The molecule has 2 rings (SSSR count). The van der Waals surface area contributed by atoms with Crippen LogP contribution in [-0.2, 0) is 0 Å². The Hall–Kier alpha value is -2.07. The smallest absolute Gasteiger partial charge is 0.137 e. The predicted octanol–water partition coefficient (Wildman–Crippen LogP) is 4.66. The van der Waals surface area contributed by atoms with Gasteiger partial charge in [0.1, 0.15) is 11.5 Å². The first-order valence-electron chi connectivity index (χ1n) is 7.77. The third kappa shape index (κ3) is 5.57. The van der Waals surface area contributed by atoms with Crippen molar-refractivity contribution in [3.8, 4) is 11.5 Å². The monoisotopic (exact) mass is 334 g/mol. The number of halogens is 1. The summed E-state index contributed by atoms with van der Waals surface area (Å²) in [4.78, 5) is 0. The number of rotatable bonds is 9. The highest BCUT2D eigenvalue weighted by molar-refractivity contribution is 6.32. The summed E-state index contributed by atoms with van der Waals surface area (Å²) in [6, 6.07) is 13.7. The molecule has 0 spiro atoms. The van der Waals surface area contributed by atoms with E-state index in [0.29, 0.717) is 10.8 Å². The molecular formula is C18H23ClN2O2. The number of anilines is 2. The molecule has 0 bridgehead atoms. The number of benzene rings is 2. The molecule has 2 aromatic carbocycles. The van der Waals surface area contributed by atoms with Gasteiger partial charge in [-0.05, 0) is 36.8 Å². The van der Waals surface area contributed by atoms with E-state index < -0.39 is 0 Å². The van der Waals surface area contributed by atoms with Gasteiger partial charge in [0.05, 0.1) is 18.7 Å². The molecule has 0 aromatic heterocycles. The van der Waals surface area contributed by atoms with Gasteiger partial charge < -0.3 is 20.1 Å². The van der Waals surface area contributed by atoms with Crippen molar-refractivity contribution in [2.45, 2.75) is 13.3 Å². The molecule has 0 fully saturated rings. The van der Waals surface area contributed by atoms with Crippen LogP contribution < -0.4 is 20.1 Å². The van der Waals surface area contributed by atoms with E-state index in [9.17, 15) is 0 Å². The standard InChI is InChI=1S/C18H23ClN2O2/c1-3-11-23-16-6-4-5-14(12-16)20-9-10-21-15-7-8-18(22-2)17(19)13-15/h4-8,12-13,20-21H,3,9-11H2,1-2H3. The zero-order chi connectivity index (χ0) is 16.5. The second kappa shape index (κ2) is 9.16. The van der Waals surface area contributed by atoms with Crippen LogP contribution in [0.25, 0.3) is 0 Å². The Morgan fingerprint density at radius 2 is 1.74 bits per heavy atom. The van der Waals surface area contributed by atoms with Gasteiger partial charge in [-0.25, -0.2) is 0 Å². The van der Waals surface area contributed by atoms with E-state index in [1.54, 1.807) is 7.11 Å². The van der Waals surface area contributed by atoms with Crippen molar-refractivity contribution in [3.05, 3.63) is 47.5 Å². The lowest BCUT2D eigenvalue weighted by Gasteiger charge is -2.11. The molecule has 0 saturated heterocycles. The van der Waals surface area contributed by atoms with Gasteiger partial charge in [-0.1, -0.05) is 24.6 Å². The zero-order valence-corrected chi connectivity index (χ0v) is 14.3. The fraction of sp³-hybridized carbons (Fsp3) is 0.333. The lowest BCUT2D eigenvalue weighted by molar-refractivity contribution is 0.317. The molecule has 2 N–H and O–H groups in total. The third-order valence-electron chi connectivity index (χ3n) is 3.24. The normalized spacial score (nSPS) is 10.2. The molecule has 0 aliphatic carbocycles. The van der Waals surface area contributed by atoms with E-state index in [0.717, 1.165) is 43.2 Å². The average Bonchev–Trinajstić information content (AvgIpc) is 2.57. The van der Waals surface area contributed by atoms with Crippen molar-refractivity contribution in [1.82, 2.24) is 0 Å². The molecule has 0 heterocycles. The highest BCUT2D eigenvalue weighted by Gasteiger charge is 2.01. The van der Waals surface area contributed by atoms with Crippen molar-refractivity contribution in [3.63, 3.8) is 0 Å². The van der Waals surface area contributed by atoms with E-state index in [1.165, 1.54) is 0 Å². The summed E-state index contributed by atoms with van der Waals surface area (Å²) in [5.74, 6) is 1.57. The lowest BCUT2D eigenvalue weighted by atomic mass is 10.3. The molecular weight excluding hydrogens is 312 g/mol. The molecule has 124 valence electrons. The van der Waals surface area contributed by atoms with Crippen LogP contribution in [0.4, 0.5) is 11.4 Å². The zero-order valence-electron chi connectivity index (χ0n) is 13.6. The largest absolute Gasteiger partial charge is 0.495 e. The Kier molecular flexibility index (Phi) is 6.88. The summed E-state index contributed by atoms with van der Waals surface area (Å²) in [6.45, 7) is 4.41. The van der Waals surface area contributed by atoms with E-state index in [-0.39, 0.29) is 0 Å². The minimum Gasteiger partial charge on any atom is -0.495 e. The highest BCUT2D eigenvalue weighted by atomic mass is 35.5. The van der Waals surface area contributed by atoms with Gasteiger partial charge in [0.15, 0.2) is 0 Å². The number of ether oxygens (including phenoxy) is 2. The SMILES string of the molecule is CCCOc1cccc(NCCNc2ccc(OC)c(Cl)c2)c1. The van der Waals surface area contributed by atoms with E-state index in [1.807, 2.05) is 42.5 Å². The van der Waals surface area contributed by atoms with Gasteiger partial charge >= 0.3 is 0 Å². The van der Waals surface area contributed by atoms with Crippen molar-refractivity contribution in [2.75, 3.05) is 37.4 Å². The molecule has 4 nitrogen and oxygen atoms in total. The Labute approximate surface area is 142 Å². The van der Waals surface area contributed by atoms with Crippen LogP contribution in [0.1, 0.15) is 13.3 Å². The minimum absolute atomic E-state index is 0.603. The van der Waals surface area contributed by atoms with Crippen LogP contribution in [0.2, 0.25) is 5.02 Å². The Bertz CT molecular complexity index is 620. The van der Waals surface area contributed by atoms with Gasteiger partial charge in [0, 0.05) is 30.5 Å². The summed E-state index contributed by atoms with van der Waals surface area (Å²) in [5.41, 5.74) is 2.02. The topological polar surface area (TPSA) is 42.5 Å². The van der Waals surface area contributed by atoms with E-state index >= 15 is 0 Å². The van der Waals surface area contributed by atoms with Gasteiger partial charge in [0.2, 0.25) is 0 Å². The number of hydrogen-bond donors (Lipinski definition) is 2. The van der Waals surface area contributed by atoms with Crippen LogP contribution in [0.15, 0.2) is 42.5 Å². The first-order chi connectivity index (χ1) is 11.2. The quantitative estimate of drug-likeness (QED) is 0.654. The first-order valence-corrected chi connectivity index (χ1v) is 8.15. The van der Waals surface area contributed by atoms with E-state index in [4.69, 9.17) is 21.1 Å². The van der Waals surface area contributed by atoms with Crippen molar-refractivity contribution in [2.24, 2.45) is 0 Å². The van der Waals surface area contributed by atoms with Crippen molar-refractivity contribution in [1.29, 1.82) is 0 Å². The van der Waals surface area contributed by atoms with Gasteiger partial charge in [-0.15, -0.1) is 0 Å². The molecule has 0 radical (unpaired) electrons. The van der Waals surface area contributed by atoms with Gasteiger partial charge in [-0.2, -0.15) is 0 Å². The summed E-state index contributed by atoms with van der Waals surface area (Å²) >= 11 is 6.10. The minimum atomic E-state index is 0.603. The van der Waals surface area contributed by atoms with Crippen molar-refractivity contribution >= 4 is 23.0 Å².